The van der Waals surface area contributed by atoms with Gasteiger partial charge in [0.2, 0.25) is 0 Å². The molecule has 3 nitrogen and oxygen atoms in total. The van der Waals surface area contributed by atoms with Crippen LogP contribution in [0.1, 0.15) is 16.8 Å². The molecule has 2 rings (SSSR count). The van der Waals surface area contributed by atoms with E-state index in [-0.39, 0.29) is 18.0 Å². The Morgan fingerprint density at radius 1 is 0.905 bits per heavy atom. The zero-order valence-electron chi connectivity index (χ0n) is 11.6. The van der Waals surface area contributed by atoms with Crippen LogP contribution >= 0.6 is 0 Å². The first-order chi connectivity index (χ1) is 10.3. The normalized spacial score (nSPS) is 10.3. The standard InChI is InChI=1S/C17H17FO3/c18-15-8-6-14(7-9-15)17(19)10-11-20-12-13-21-16-4-2-1-3-5-16/h1-9H,10-13H2. The molecule has 0 heterocycles. The number of ketones is 1. The van der Waals surface area contributed by atoms with Crippen LogP contribution in [0.2, 0.25) is 0 Å². The second-order valence-electron chi connectivity index (χ2n) is 4.45. The second kappa shape index (κ2) is 8.17. The van der Waals surface area contributed by atoms with Crippen molar-refractivity contribution in [2.24, 2.45) is 0 Å². The third-order valence-corrected chi connectivity index (χ3v) is 2.88. The van der Waals surface area contributed by atoms with Crippen molar-refractivity contribution in [3.05, 3.63) is 66.0 Å². The molecule has 0 bridgehead atoms. The van der Waals surface area contributed by atoms with E-state index in [1.807, 2.05) is 30.3 Å². The number of para-hydroxylation sites is 1. The molecule has 110 valence electrons. The van der Waals surface area contributed by atoms with E-state index in [1.165, 1.54) is 24.3 Å². The van der Waals surface area contributed by atoms with E-state index in [0.29, 0.717) is 25.4 Å². The topological polar surface area (TPSA) is 35.5 Å². The number of hydrogen-bond donors (Lipinski definition) is 0. The van der Waals surface area contributed by atoms with E-state index in [1.54, 1.807) is 0 Å². The molecular formula is C17H17FO3. The minimum absolute atomic E-state index is 0.0565. The lowest BCUT2D eigenvalue weighted by molar-refractivity contribution is 0.0799. The smallest absolute Gasteiger partial charge is 0.165 e. The van der Waals surface area contributed by atoms with Crippen molar-refractivity contribution in [2.75, 3.05) is 19.8 Å². The van der Waals surface area contributed by atoms with Gasteiger partial charge in [0.1, 0.15) is 18.2 Å². The molecule has 21 heavy (non-hydrogen) atoms. The molecule has 0 N–H and O–H groups in total. The number of carbonyl (C=O) groups is 1. The van der Waals surface area contributed by atoms with Crippen molar-refractivity contribution in [2.45, 2.75) is 6.42 Å². The molecule has 0 aliphatic carbocycles. The van der Waals surface area contributed by atoms with Crippen LogP contribution in [0.5, 0.6) is 5.75 Å². The summed E-state index contributed by atoms with van der Waals surface area (Å²) in [4.78, 5) is 11.8. The number of hydrogen-bond acceptors (Lipinski definition) is 3. The quantitative estimate of drug-likeness (QED) is 0.551. The van der Waals surface area contributed by atoms with Gasteiger partial charge in [0.15, 0.2) is 5.78 Å². The molecule has 0 spiro atoms. The summed E-state index contributed by atoms with van der Waals surface area (Å²) in [5, 5.41) is 0. The molecule has 0 saturated carbocycles. The molecule has 0 unspecified atom stereocenters. The van der Waals surface area contributed by atoms with E-state index in [9.17, 15) is 9.18 Å². The minimum Gasteiger partial charge on any atom is -0.491 e. The second-order valence-corrected chi connectivity index (χ2v) is 4.45. The molecule has 4 heteroatoms. The van der Waals surface area contributed by atoms with Gasteiger partial charge in [-0.2, -0.15) is 0 Å². The predicted molar refractivity (Wildman–Crippen MR) is 78.1 cm³/mol. The first kappa shape index (κ1) is 15.2. The maximum atomic E-state index is 12.7. The Bertz CT molecular complexity index is 552. The number of halogens is 1. The molecule has 0 aromatic heterocycles. The van der Waals surface area contributed by atoms with Gasteiger partial charge >= 0.3 is 0 Å². The number of carbonyl (C=O) groups excluding carboxylic acids is 1. The molecule has 0 saturated heterocycles. The van der Waals surface area contributed by atoms with Gasteiger partial charge in [0.25, 0.3) is 0 Å². The van der Waals surface area contributed by atoms with Crippen molar-refractivity contribution < 1.29 is 18.7 Å². The van der Waals surface area contributed by atoms with Crippen LogP contribution in [-0.2, 0) is 4.74 Å². The van der Waals surface area contributed by atoms with Crippen LogP contribution in [-0.4, -0.2) is 25.6 Å². The predicted octanol–water partition coefficient (Wildman–Crippen LogP) is 3.49. The van der Waals surface area contributed by atoms with Gasteiger partial charge in [-0.3, -0.25) is 4.79 Å². The lowest BCUT2D eigenvalue weighted by atomic mass is 10.1. The summed E-state index contributed by atoms with van der Waals surface area (Å²) < 4.78 is 23.5. The number of Topliss-reactive ketones (excluding diaryl/α,β-unsaturated/α-hetero) is 1. The zero-order chi connectivity index (χ0) is 14.9. The van der Waals surface area contributed by atoms with Crippen LogP contribution < -0.4 is 4.74 Å². The summed E-state index contributed by atoms with van der Waals surface area (Å²) in [6.07, 6.45) is 0.275. The molecule has 0 fully saturated rings. The molecule has 0 amide bonds. The van der Waals surface area contributed by atoms with E-state index < -0.39 is 0 Å². The lowest BCUT2D eigenvalue weighted by Crippen LogP contribution is -2.10. The fourth-order valence-electron chi connectivity index (χ4n) is 1.78. The first-order valence-corrected chi connectivity index (χ1v) is 6.80. The van der Waals surface area contributed by atoms with Gasteiger partial charge < -0.3 is 9.47 Å². The van der Waals surface area contributed by atoms with Gasteiger partial charge in [-0.1, -0.05) is 18.2 Å². The molecule has 2 aromatic rings. The Kier molecular flexibility index (Phi) is 5.91. The van der Waals surface area contributed by atoms with Crippen molar-refractivity contribution in [3.8, 4) is 5.75 Å². The van der Waals surface area contributed by atoms with E-state index in [4.69, 9.17) is 9.47 Å². The average Bonchev–Trinajstić information content (AvgIpc) is 2.52. The van der Waals surface area contributed by atoms with E-state index in [0.717, 1.165) is 5.75 Å². The summed E-state index contributed by atoms with van der Waals surface area (Å²) in [6.45, 7) is 1.19. The first-order valence-electron chi connectivity index (χ1n) is 6.80. The van der Waals surface area contributed by atoms with Crippen molar-refractivity contribution >= 4 is 5.78 Å². The maximum absolute atomic E-state index is 12.7. The van der Waals surface area contributed by atoms with Crippen LogP contribution in [0.3, 0.4) is 0 Å². The third-order valence-electron chi connectivity index (χ3n) is 2.88. The highest BCUT2D eigenvalue weighted by Crippen LogP contribution is 2.08. The highest BCUT2D eigenvalue weighted by molar-refractivity contribution is 5.96. The lowest BCUT2D eigenvalue weighted by Gasteiger charge is -2.06. The fourth-order valence-corrected chi connectivity index (χ4v) is 1.78. The number of ether oxygens (including phenoxy) is 2. The fraction of sp³-hybridized carbons (Fsp3) is 0.235. The minimum atomic E-state index is -0.346. The molecule has 0 aliphatic heterocycles. The molecular weight excluding hydrogens is 271 g/mol. The van der Waals surface area contributed by atoms with Gasteiger partial charge in [-0.05, 0) is 36.4 Å². The Morgan fingerprint density at radius 2 is 1.62 bits per heavy atom. The summed E-state index contributed by atoms with van der Waals surface area (Å²) in [7, 11) is 0. The van der Waals surface area contributed by atoms with Crippen LogP contribution in [0, 0.1) is 5.82 Å². The zero-order valence-corrected chi connectivity index (χ0v) is 11.6. The van der Waals surface area contributed by atoms with Crippen molar-refractivity contribution in [3.63, 3.8) is 0 Å². The van der Waals surface area contributed by atoms with Crippen molar-refractivity contribution in [1.82, 2.24) is 0 Å². The van der Waals surface area contributed by atoms with Gasteiger partial charge in [0.05, 0.1) is 13.2 Å². The summed E-state index contributed by atoms with van der Waals surface area (Å²) in [5.74, 6) is 0.392. The van der Waals surface area contributed by atoms with Gasteiger partial charge in [0, 0.05) is 12.0 Å². The van der Waals surface area contributed by atoms with Gasteiger partial charge in [-0.15, -0.1) is 0 Å². The van der Waals surface area contributed by atoms with Gasteiger partial charge in [-0.25, -0.2) is 4.39 Å². The van der Waals surface area contributed by atoms with Crippen molar-refractivity contribution in [1.29, 1.82) is 0 Å². The van der Waals surface area contributed by atoms with E-state index >= 15 is 0 Å². The molecule has 0 atom stereocenters. The average molecular weight is 288 g/mol. The summed E-state index contributed by atoms with van der Waals surface area (Å²) in [6, 6.07) is 15.0. The number of rotatable bonds is 8. The highest BCUT2D eigenvalue weighted by Gasteiger charge is 2.05. The summed E-state index contributed by atoms with van der Waals surface area (Å²) in [5.41, 5.74) is 0.500. The molecule has 0 aliphatic rings. The number of benzene rings is 2. The molecule has 2 aromatic carbocycles. The van der Waals surface area contributed by atoms with Crippen LogP contribution in [0.4, 0.5) is 4.39 Å². The Balaban J connectivity index is 1.59. The third kappa shape index (κ3) is 5.36. The largest absolute Gasteiger partial charge is 0.491 e. The maximum Gasteiger partial charge on any atom is 0.165 e. The van der Waals surface area contributed by atoms with Crippen LogP contribution in [0.25, 0.3) is 0 Å². The van der Waals surface area contributed by atoms with E-state index in [2.05, 4.69) is 0 Å². The molecule has 0 radical (unpaired) electrons. The van der Waals surface area contributed by atoms with Crippen LogP contribution in [0.15, 0.2) is 54.6 Å². The highest BCUT2D eigenvalue weighted by atomic mass is 19.1. The summed E-state index contributed by atoms with van der Waals surface area (Å²) >= 11 is 0. The monoisotopic (exact) mass is 288 g/mol. The Hall–Kier alpha value is -2.20. The Morgan fingerprint density at radius 3 is 2.33 bits per heavy atom. The Labute approximate surface area is 123 Å². The SMILES string of the molecule is O=C(CCOCCOc1ccccc1)c1ccc(F)cc1.